The van der Waals surface area contributed by atoms with Crippen LogP contribution in [0, 0.1) is 28.6 Å². The minimum Gasteiger partial charge on any atom is -0.451 e. The van der Waals surface area contributed by atoms with E-state index in [1.807, 2.05) is 0 Å². The van der Waals surface area contributed by atoms with Crippen LogP contribution < -0.4 is 0 Å². The number of hydrogen-bond donors (Lipinski definition) is 0. The summed E-state index contributed by atoms with van der Waals surface area (Å²) in [5.41, 5.74) is -1.11. The third kappa shape index (κ3) is 2.43. The molecule has 3 saturated carbocycles. The largest absolute Gasteiger partial charge is 0.451 e. The number of halogens is 1. The van der Waals surface area contributed by atoms with Crippen LogP contribution in [-0.4, -0.2) is 29.3 Å². The molecule has 28 heavy (non-hydrogen) atoms. The summed E-state index contributed by atoms with van der Waals surface area (Å²) in [6, 6.07) is 0. The summed E-state index contributed by atoms with van der Waals surface area (Å²) in [6.45, 7) is 7.10. The molecule has 0 spiro atoms. The highest BCUT2D eigenvalue weighted by Gasteiger charge is 2.68. The van der Waals surface area contributed by atoms with E-state index in [-0.39, 0.29) is 28.8 Å². The quantitative estimate of drug-likeness (QED) is 0.658. The van der Waals surface area contributed by atoms with Crippen molar-refractivity contribution in [2.75, 3.05) is 0 Å². The maximum absolute atomic E-state index is 15.3. The molecule has 5 heteroatoms. The molecule has 0 bridgehead atoms. The Morgan fingerprint density at radius 1 is 1.11 bits per heavy atom. The third-order valence-electron chi connectivity index (χ3n) is 8.94. The van der Waals surface area contributed by atoms with E-state index in [9.17, 15) is 14.4 Å². The smallest absolute Gasteiger partial charge is 0.303 e. The lowest BCUT2D eigenvalue weighted by Gasteiger charge is -2.59. The molecule has 0 unspecified atom stereocenters. The predicted molar refractivity (Wildman–Crippen MR) is 102 cm³/mol. The first-order chi connectivity index (χ1) is 13.0. The van der Waals surface area contributed by atoms with Crippen LogP contribution in [-0.2, 0) is 19.1 Å². The predicted octanol–water partition coefficient (Wildman–Crippen LogP) is 4.36. The van der Waals surface area contributed by atoms with Crippen molar-refractivity contribution in [2.45, 2.75) is 84.4 Å². The van der Waals surface area contributed by atoms with Crippen molar-refractivity contribution < 1.29 is 23.5 Å². The van der Waals surface area contributed by atoms with Crippen LogP contribution in [0.3, 0.4) is 0 Å². The maximum atomic E-state index is 15.3. The molecule has 7 atom stereocenters. The lowest BCUT2D eigenvalue weighted by molar-refractivity contribution is -0.188. The second-order valence-electron chi connectivity index (χ2n) is 10.0. The van der Waals surface area contributed by atoms with Crippen LogP contribution in [0.4, 0.5) is 4.39 Å². The molecule has 0 saturated heterocycles. The van der Waals surface area contributed by atoms with Crippen molar-refractivity contribution in [3.63, 3.8) is 0 Å². The summed E-state index contributed by atoms with van der Waals surface area (Å²) in [5.74, 6) is 0.158. The van der Waals surface area contributed by atoms with Gasteiger partial charge < -0.3 is 4.74 Å². The molecule has 0 aromatic rings. The van der Waals surface area contributed by atoms with Crippen molar-refractivity contribution in [1.29, 1.82) is 0 Å². The number of carbonyl (C=O) groups is 3. The Kier molecular flexibility index (Phi) is 4.41. The summed E-state index contributed by atoms with van der Waals surface area (Å²) in [6.07, 6.45) is 5.07. The Hall–Kier alpha value is -1.52. The Morgan fingerprint density at radius 3 is 2.43 bits per heavy atom. The monoisotopic (exact) mass is 390 g/mol. The van der Waals surface area contributed by atoms with Crippen LogP contribution in [0.2, 0.25) is 0 Å². The summed E-state index contributed by atoms with van der Waals surface area (Å²) in [4.78, 5) is 36.5. The average Bonchev–Trinajstić information content (AvgIpc) is 2.90. The molecule has 154 valence electrons. The lowest BCUT2D eigenvalue weighted by atomic mass is 9.46. The molecule has 4 aliphatic carbocycles. The minimum atomic E-state index is -1.10. The van der Waals surface area contributed by atoms with Crippen LogP contribution in [0.15, 0.2) is 11.6 Å². The van der Waals surface area contributed by atoms with E-state index in [2.05, 4.69) is 13.8 Å². The highest BCUT2D eigenvalue weighted by Crippen LogP contribution is 2.68. The van der Waals surface area contributed by atoms with Crippen molar-refractivity contribution >= 4 is 17.5 Å². The highest BCUT2D eigenvalue weighted by atomic mass is 19.1. The van der Waals surface area contributed by atoms with E-state index >= 15 is 4.39 Å². The fourth-order valence-electron chi connectivity index (χ4n) is 7.62. The Morgan fingerprint density at radius 2 is 1.79 bits per heavy atom. The number of hydrogen-bond acceptors (Lipinski definition) is 4. The first kappa shape index (κ1) is 19.8. The molecule has 0 aromatic carbocycles. The molecule has 4 nitrogen and oxygen atoms in total. The van der Waals surface area contributed by atoms with Gasteiger partial charge in [-0.25, -0.2) is 4.39 Å². The zero-order valence-corrected chi connectivity index (χ0v) is 17.3. The molecule has 0 N–H and O–H groups in total. The number of fused-ring (bicyclic) bond motifs is 5. The second-order valence-corrected chi connectivity index (χ2v) is 10.0. The maximum Gasteiger partial charge on any atom is 0.303 e. The van der Waals surface area contributed by atoms with E-state index in [1.54, 1.807) is 6.08 Å². The normalized spacial score (nSPS) is 47.5. The number of carbonyl (C=O) groups excluding carboxylic acids is 3. The van der Waals surface area contributed by atoms with Gasteiger partial charge in [0.05, 0.1) is 0 Å². The highest BCUT2D eigenvalue weighted by molar-refractivity contribution is 5.92. The van der Waals surface area contributed by atoms with Crippen molar-refractivity contribution in [3.05, 3.63) is 11.6 Å². The molecular formula is C23H31FO4. The number of Topliss-reactive ketones (excluding diaryl/α,β-unsaturated/α-hetero) is 1. The Balaban J connectivity index is 1.73. The number of esters is 1. The molecule has 0 heterocycles. The fourth-order valence-corrected chi connectivity index (χ4v) is 7.62. The molecule has 0 aromatic heterocycles. The van der Waals surface area contributed by atoms with Crippen molar-refractivity contribution in [3.8, 4) is 0 Å². The summed E-state index contributed by atoms with van der Waals surface area (Å²) >= 11 is 0. The van der Waals surface area contributed by atoms with E-state index in [4.69, 9.17) is 4.74 Å². The van der Waals surface area contributed by atoms with E-state index in [1.165, 1.54) is 13.8 Å². The number of allylic oxidation sites excluding steroid dienone is 1. The molecule has 3 fully saturated rings. The van der Waals surface area contributed by atoms with Gasteiger partial charge in [-0.2, -0.15) is 0 Å². The van der Waals surface area contributed by atoms with Gasteiger partial charge in [-0.1, -0.05) is 13.8 Å². The number of alkyl halides is 1. The summed E-state index contributed by atoms with van der Waals surface area (Å²) in [7, 11) is 0. The second kappa shape index (κ2) is 6.24. The minimum absolute atomic E-state index is 0.0422. The van der Waals surface area contributed by atoms with Gasteiger partial charge in [0.2, 0.25) is 0 Å². The third-order valence-corrected chi connectivity index (χ3v) is 8.94. The van der Waals surface area contributed by atoms with Crippen LogP contribution in [0.25, 0.3) is 0 Å². The van der Waals surface area contributed by atoms with Crippen LogP contribution >= 0.6 is 0 Å². The van der Waals surface area contributed by atoms with Gasteiger partial charge in [0.25, 0.3) is 0 Å². The first-order valence-corrected chi connectivity index (χ1v) is 10.6. The summed E-state index contributed by atoms with van der Waals surface area (Å²) in [5, 5.41) is 0. The lowest BCUT2D eigenvalue weighted by Crippen LogP contribution is -2.59. The fraction of sp³-hybridized carbons (Fsp3) is 0.783. The van der Waals surface area contributed by atoms with E-state index in [0.29, 0.717) is 37.2 Å². The topological polar surface area (TPSA) is 60.4 Å². The van der Waals surface area contributed by atoms with Gasteiger partial charge in [-0.3, -0.25) is 14.4 Å². The molecule has 0 aliphatic heterocycles. The molecule has 0 amide bonds. The van der Waals surface area contributed by atoms with Gasteiger partial charge >= 0.3 is 5.97 Å². The molecule has 4 rings (SSSR count). The Labute approximate surface area is 166 Å². The zero-order valence-electron chi connectivity index (χ0n) is 17.3. The van der Waals surface area contributed by atoms with Crippen LogP contribution in [0.1, 0.15) is 72.6 Å². The number of ketones is 2. The summed E-state index contributed by atoms with van der Waals surface area (Å²) < 4.78 is 21.0. The van der Waals surface area contributed by atoms with E-state index < -0.39 is 23.2 Å². The first-order valence-electron chi connectivity index (χ1n) is 10.6. The number of ether oxygens (including phenoxy) is 1. The van der Waals surface area contributed by atoms with Crippen molar-refractivity contribution in [2.24, 2.45) is 28.6 Å². The van der Waals surface area contributed by atoms with Gasteiger partial charge in [-0.05, 0) is 80.3 Å². The van der Waals surface area contributed by atoms with Gasteiger partial charge in [0.1, 0.15) is 6.17 Å². The van der Waals surface area contributed by atoms with Crippen LogP contribution in [0.5, 0.6) is 0 Å². The standard InChI is InChI=1S/C23H31FO4/c1-13(25)23(28-14(2)26)10-7-18-16-12-20(24)19-11-15(27)5-8-21(19,3)17(16)6-9-22(18,23)4/h11,16-18,20H,5-10,12H2,1-4H3/t16-,17+,18+,20+,21-,22+,23+/m1/s1. The SMILES string of the molecule is CC(=O)O[C@]1(C(C)=O)CC[C@H]2[C@@H]3C[C@H](F)C4=CC(=O)CC[C@]4(C)[C@H]3CC[C@@]21C. The number of rotatable bonds is 2. The zero-order chi connectivity index (χ0) is 20.5. The van der Waals surface area contributed by atoms with E-state index in [0.717, 1.165) is 19.3 Å². The molecule has 0 radical (unpaired) electrons. The van der Waals surface area contributed by atoms with Gasteiger partial charge in [0, 0.05) is 18.8 Å². The van der Waals surface area contributed by atoms with Crippen molar-refractivity contribution in [1.82, 2.24) is 0 Å². The Bertz CT molecular complexity index is 773. The average molecular weight is 390 g/mol. The van der Waals surface area contributed by atoms with Gasteiger partial charge in [0.15, 0.2) is 17.2 Å². The van der Waals surface area contributed by atoms with Gasteiger partial charge in [-0.15, -0.1) is 0 Å². The molecule has 4 aliphatic rings. The molecular weight excluding hydrogens is 359 g/mol.